The fourth-order valence-corrected chi connectivity index (χ4v) is 7.91. The number of benzene rings is 4. The number of esters is 2. The molecular formula is C38H28F2N4O8Se. The van der Waals surface area contributed by atoms with Gasteiger partial charge in [0.15, 0.2) is 6.10 Å². The van der Waals surface area contributed by atoms with Crippen LogP contribution in [0.2, 0.25) is 0 Å². The number of nitrogens with zero attached hydrogens (tertiary/aromatic N) is 3. The molecule has 0 radical (unpaired) electrons. The fourth-order valence-electron chi connectivity index (χ4n) is 5.84. The average molecular weight is 786 g/mol. The molecule has 2 aromatic heterocycles. The number of aromatic nitrogens is 3. The van der Waals surface area contributed by atoms with Crippen LogP contribution in [-0.2, 0) is 14.2 Å². The van der Waals surface area contributed by atoms with E-state index >= 15 is 8.78 Å². The summed E-state index contributed by atoms with van der Waals surface area (Å²) in [7, 11) is 0. The van der Waals surface area contributed by atoms with Crippen LogP contribution >= 0.6 is 0 Å². The Hall–Kier alpha value is -6.02. The van der Waals surface area contributed by atoms with Crippen molar-refractivity contribution in [2.75, 3.05) is 11.9 Å². The van der Waals surface area contributed by atoms with E-state index in [9.17, 15) is 24.0 Å². The minimum absolute atomic E-state index is 0.00785. The van der Waals surface area contributed by atoms with E-state index in [1.54, 1.807) is 65.1 Å². The Labute approximate surface area is 305 Å². The Morgan fingerprint density at radius 2 is 1.55 bits per heavy atom. The van der Waals surface area contributed by atoms with Crippen molar-refractivity contribution in [3.63, 3.8) is 0 Å². The van der Waals surface area contributed by atoms with Gasteiger partial charge in [-0.15, -0.1) is 0 Å². The first kappa shape index (κ1) is 35.4. The third kappa shape index (κ3) is 7.09. The molecule has 12 nitrogen and oxygen atoms in total. The Morgan fingerprint density at radius 1 is 0.887 bits per heavy atom. The summed E-state index contributed by atoms with van der Waals surface area (Å²) in [6, 6.07) is 28.7. The zero-order valence-electron chi connectivity index (χ0n) is 27.7. The third-order valence-corrected chi connectivity index (χ3v) is 10.8. The van der Waals surface area contributed by atoms with Gasteiger partial charge in [-0.2, -0.15) is 8.78 Å². The van der Waals surface area contributed by atoms with Gasteiger partial charge in [-0.3, -0.25) is 0 Å². The molecule has 53 heavy (non-hydrogen) atoms. The van der Waals surface area contributed by atoms with E-state index in [0.29, 0.717) is 21.2 Å². The summed E-state index contributed by atoms with van der Waals surface area (Å²) in [5.74, 6) is -6.77. The van der Waals surface area contributed by atoms with Crippen LogP contribution in [0.1, 0.15) is 42.9 Å². The zero-order valence-corrected chi connectivity index (χ0v) is 29.4. The van der Waals surface area contributed by atoms with E-state index < -0.39 is 54.5 Å². The van der Waals surface area contributed by atoms with Crippen LogP contribution in [0.15, 0.2) is 125 Å². The SMILES string of the molecule is Cc1cc(-n2[se]c3ccccc3c2=O)ccc1C(=O)Nc1ccn(C2OC(COC(=O)c3ccccc3)C(OC(=O)c3ccccc3)C2(F)F)c(=O)n1. The van der Waals surface area contributed by atoms with Gasteiger partial charge in [-0.05, 0) is 24.3 Å². The van der Waals surface area contributed by atoms with E-state index in [1.165, 1.54) is 36.4 Å². The van der Waals surface area contributed by atoms with Crippen LogP contribution in [0.4, 0.5) is 14.6 Å². The number of carbonyl (C=O) groups is 3. The molecule has 1 aliphatic rings. The maximum absolute atomic E-state index is 16.1. The summed E-state index contributed by atoms with van der Waals surface area (Å²) >= 11 is -0.270. The molecular weight excluding hydrogens is 757 g/mol. The van der Waals surface area contributed by atoms with Crippen LogP contribution in [0.25, 0.3) is 15.3 Å². The minimum atomic E-state index is -4.01. The van der Waals surface area contributed by atoms with Gasteiger partial charge >= 0.3 is 183 Å². The fraction of sp³-hybridized carbons (Fsp3) is 0.158. The molecule has 1 fully saturated rings. The Bertz CT molecular complexity index is 2470. The second-order valence-electron chi connectivity index (χ2n) is 12.0. The normalized spacial score (nSPS) is 17.7. The first-order valence-electron chi connectivity index (χ1n) is 16.2. The second kappa shape index (κ2) is 14.5. The Morgan fingerprint density at radius 3 is 2.21 bits per heavy atom. The molecule has 3 heterocycles. The standard InChI is InChI=1S/C38H28F2N4O8Se/c1-22-20-25(44-33(46)27-14-8-9-15-29(27)53-44)16-17-26(22)32(45)41-30-18-19-43(37(49)42-30)36-38(39,40)31(52-35(48)24-12-6-3-7-13-24)28(51-36)21-50-34(47)23-10-4-2-5-11-23/h2-20,28,31,36H,21H2,1H3,(H,41,42,45,49). The molecule has 1 saturated heterocycles. The van der Waals surface area contributed by atoms with Gasteiger partial charge in [-0.25, -0.2) is 9.59 Å². The van der Waals surface area contributed by atoms with E-state index in [4.69, 9.17) is 14.2 Å². The number of hydrogen-bond donors (Lipinski definition) is 1. The summed E-state index contributed by atoms with van der Waals surface area (Å²) in [5, 5.41) is 3.14. The molecule has 1 amide bonds. The Balaban J connectivity index is 1.10. The third-order valence-electron chi connectivity index (χ3n) is 8.49. The summed E-state index contributed by atoms with van der Waals surface area (Å²) in [4.78, 5) is 68.6. The predicted molar refractivity (Wildman–Crippen MR) is 189 cm³/mol. The number of carbonyl (C=O) groups excluding carboxylic acids is 3. The van der Waals surface area contributed by atoms with Crippen LogP contribution in [0.5, 0.6) is 0 Å². The average Bonchev–Trinajstić information content (AvgIpc) is 3.63. The molecule has 4 aromatic carbocycles. The molecule has 7 rings (SSSR count). The number of rotatable bonds is 9. The number of aryl methyl sites for hydroxylation is 1. The van der Waals surface area contributed by atoms with Gasteiger partial charge in [0.2, 0.25) is 0 Å². The Kier molecular flexibility index (Phi) is 9.71. The van der Waals surface area contributed by atoms with Crippen LogP contribution < -0.4 is 16.6 Å². The number of halogens is 2. The van der Waals surface area contributed by atoms with Crippen molar-refractivity contribution in [3.05, 3.63) is 158 Å². The number of fused-ring (bicyclic) bond motifs is 1. The zero-order chi connectivity index (χ0) is 37.3. The van der Waals surface area contributed by atoms with Crippen LogP contribution in [0.3, 0.4) is 0 Å². The monoisotopic (exact) mass is 786 g/mol. The number of ether oxygens (including phenoxy) is 3. The molecule has 0 saturated carbocycles. The van der Waals surface area contributed by atoms with Gasteiger partial charge in [-0.1, -0.05) is 36.4 Å². The van der Waals surface area contributed by atoms with Gasteiger partial charge in [0.1, 0.15) is 12.7 Å². The molecule has 1 aliphatic heterocycles. The predicted octanol–water partition coefficient (Wildman–Crippen LogP) is 4.78. The molecule has 6 aromatic rings. The molecule has 268 valence electrons. The van der Waals surface area contributed by atoms with Crippen molar-refractivity contribution in [3.8, 4) is 5.69 Å². The molecule has 1 N–H and O–H groups in total. The molecule has 0 spiro atoms. The molecule has 15 heteroatoms. The number of amides is 1. The first-order chi connectivity index (χ1) is 25.5. The molecule has 3 unspecified atom stereocenters. The number of nitrogens with one attached hydrogen (secondary N) is 1. The van der Waals surface area contributed by atoms with Crippen LogP contribution in [0, 0.1) is 6.92 Å². The van der Waals surface area contributed by atoms with Crippen LogP contribution in [-0.4, -0.2) is 70.4 Å². The number of hydrogen-bond acceptors (Lipinski definition) is 9. The number of alkyl halides is 2. The molecule has 0 aliphatic carbocycles. The van der Waals surface area contributed by atoms with Gasteiger partial charge in [0.05, 0.1) is 11.1 Å². The van der Waals surface area contributed by atoms with Crippen molar-refractivity contribution >= 4 is 48.0 Å². The quantitative estimate of drug-likeness (QED) is 0.162. The second-order valence-corrected chi connectivity index (χ2v) is 14.1. The first-order valence-corrected chi connectivity index (χ1v) is 17.8. The van der Waals surface area contributed by atoms with Crippen molar-refractivity contribution in [2.45, 2.75) is 31.3 Å². The van der Waals surface area contributed by atoms with Gasteiger partial charge in [0, 0.05) is 0 Å². The maximum atomic E-state index is 16.1. The summed E-state index contributed by atoms with van der Waals surface area (Å²) in [6.07, 6.45) is -5.31. The molecule has 0 bridgehead atoms. The molecule has 3 atom stereocenters. The van der Waals surface area contributed by atoms with Crippen molar-refractivity contribution in [2.24, 2.45) is 0 Å². The summed E-state index contributed by atoms with van der Waals surface area (Å²) in [5.41, 5.74) is 0.220. The topological polar surface area (TPSA) is 148 Å². The van der Waals surface area contributed by atoms with E-state index in [-0.39, 0.29) is 42.8 Å². The van der Waals surface area contributed by atoms with E-state index in [2.05, 4.69) is 10.3 Å². The van der Waals surface area contributed by atoms with Crippen molar-refractivity contribution in [1.29, 1.82) is 0 Å². The van der Waals surface area contributed by atoms with E-state index in [0.717, 1.165) is 16.5 Å². The summed E-state index contributed by atoms with van der Waals surface area (Å²) in [6.45, 7) is 0.958. The van der Waals surface area contributed by atoms with Gasteiger partial charge < -0.3 is 14.2 Å². The van der Waals surface area contributed by atoms with Crippen molar-refractivity contribution in [1.82, 2.24) is 13.1 Å². The van der Waals surface area contributed by atoms with Gasteiger partial charge in [0.25, 0.3) is 0 Å². The summed E-state index contributed by atoms with van der Waals surface area (Å²) < 4.78 is 51.4. The number of anilines is 1. The van der Waals surface area contributed by atoms with E-state index in [1.807, 2.05) is 12.1 Å². The van der Waals surface area contributed by atoms with Crippen molar-refractivity contribution < 1.29 is 37.4 Å².